The molecule has 0 radical (unpaired) electrons. The molecule has 0 saturated carbocycles. The van der Waals surface area contributed by atoms with E-state index < -0.39 is 15.8 Å². The second-order valence-electron chi connectivity index (χ2n) is 5.00. The zero-order chi connectivity index (χ0) is 14.8. The zero-order valence-corrected chi connectivity index (χ0v) is 12.3. The molecule has 1 fully saturated rings. The van der Waals surface area contributed by atoms with Crippen molar-refractivity contribution < 1.29 is 12.8 Å². The Morgan fingerprint density at radius 3 is 2.75 bits per heavy atom. The lowest BCUT2D eigenvalue weighted by Gasteiger charge is -2.30. The number of anilines is 1. The number of nitrogens with zero attached hydrogens (tertiary/aromatic N) is 1. The summed E-state index contributed by atoms with van der Waals surface area (Å²) in [5.41, 5.74) is 0.438. The van der Waals surface area contributed by atoms with Gasteiger partial charge in [-0.2, -0.15) is 0 Å². The van der Waals surface area contributed by atoms with Crippen LogP contribution < -0.4 is 15.4 Å². The Labute approximate surface area is 119 Å². The number of halogens is 1. The molecular formula is C13H20FN3O2S. The minimum atomic E-state index is -3.87. The molecule has 3 N–H and O–H groups in total. The Hall–Kier alpha value is -1.18. The Morgan fingerprint density at radius 1 is 1.50 bits per heavy atom. The van der Waals surface area contributed by atoms with Crippen LogP contribution in [0.1, 0.15) is 19.8 Å². The molecule has 7 heteroatoms. The van der Waals surface area contributed by atoms with Crippen LogP contribution in [0.15, 0.2) is 23.1 Å². The molecule has 112 valence electrons. The number of rotatable bonds is 5. The molecule has 1 aromatic carbocycles. The van der Waals surface area contributed by atoms with Gasteiger partial charge >= 0.3 is 0 Å². The van der Waals surface area contributed by atoms with Crippen LogP contribution in [0, 0.1) is 5.82 Å². The first-order chi connectivity index (χ1) is 9.43. The van der Waals surface area contributed by atoms with E-state index in [9.17, 15) is 12.8 Å². The van der Waals surface area contributed by atoms with Gasteiger partial charge in [0.1, 0.15) is 5.82 Å². The van der Waals surface area contributed by atoms with Crippen molar-refractivity contribution in [3.8, 4) is 0 Å². The third kappa shape index (κ3) is 3.28. The van der Waals surface area contributed by atoms with Gasteiger partial charge in [-0.3, -0.25) is 0 Å². The fourth-order valence-electron chi connectivity index (χ4n) is 2.54. The normalized spacial score (nSPS) is 19.2. The van der Waals surface area contributed by atoms with E-state index in [2.05, 4.69) is 5.32 Å². The van der Waals surface area contributed by atoms with Crippen LogP contribution in [-0.4, -0.2) is 34.1 Å². The van der Waals surface area contributed by atoms with Crippen molar-refractivity contribution in [2.24, 2.45) is 5.14 Å². The van der Waals surface area contributed by atoms with E-state index in [1.807, 2.05) is 11.8 Å². The molecule has 0 bridgehead atoms. The maximum absolute atomic E-state index is 14.2. The van der Waals surface area contributed by atoms with Crippen molar-refractivity contribution in [3.63, 3.8) is 0 Å². The summed E-state index contributed by atoms with van der Waals surface area (Å²) >= 11 is 0. The second kappa shape index (κ2) is 6.07. The Bertz CT molecular complexity index is 571. The fourth-order valence-corrected chi connectivity index (χ4v) is 3.07. The molecule has 1 atom stereocenters. The first-order valence-electron chi connectivity index (χ1n) is 6.73. The highest BCUT2D eigenvalue weighted by Crippen LogP contribution is 2.26. The second-order valence-corrected chi connectivity index (χ2v) is 6.56. The number of hydrogen-bond acceptors (Lipinski definition) is 4. The van der Waals surface area contributed by atoms with Crippen LogP contribution in [0.3, 0.4) is 0 Å². The van der Waals surface area contributed by atoms with Gasteiger partial charge < -0.3 is 10.2 Å². The molecule has 0 aromatic heterocycles. The van der Waals surface area contributed by atoms with Crippen LogP contribution in [0.2, 0.25) is 0 Å². The van der Waals surface area contributed by atoms with Gasteiger partial charge in [-0.1, -0.05) is 6.92 Å². The van der Waals surface area contributed by atoms with Crippen molar-refractivity contribution in [3.05, 3.63) is 24.0 Å². The fraction of sp³-hybridized carbons (Fsp3) is 0.538. The third-order valence-electron chi connectivity index (χ3n) is 3.50. The van der Waals surface area contributed by atoms with Crippen molar-refractivity contribution >= 4 is 15.7 Å². The number of primary sulfonamides is 1. The maximum atomic E-state index is 14.2. The third-order valence-corrected chi connectivity index (χ3v) is 4.41. The summed E-state index contributed by atoms with van der Waals surface area (Å²) in [6.07, 6.45) is 1.85. The Balaban J connectivity index is 2.33. The first kappa shape index (κ1) is 15.2. The Morgan fingerprint density at radius 2 is 2.25 bits per heavy atom. The summed E-state index contributed by atoms with van der Waals surface area (Å²) in [5.74, 6) is -0.545. The van der Waals surface area contributed by atoms with Crippen LogP contribution in [-0.2, 0) is 10.0 Å². The largest absolute Gasteiger partial charge is 0.365 e. The van der Waals surface area contributed by atoms with Gasteiger partial charge in [0.15, 0.2) is 0 Å². The summed E-state index contributed by atoms with van der Waals surface area (Å²) in [6.45, 7) is 4.50. The lowest BCUT2D eigenvalue weighted by atomic mass is 10.1. The van der Waals surface area contributed by atoms with Crippen LogP contribution >= 0.6 is 0 Å². The molecule has 1 aromatic rings. The lowest BCUT2D eigenvalue weighted by molar-refractivity contribution is 0.574. The monoisotopic (exact) mass is 301 g/mol. The van der Waals surface area contributed by atoms with E-state index in [1.165, 1.54) is 12.1 Å². The van der Waals surface area contributed by atoms with E-state index in [0.29, 0.717) is 5.69 Å². The predicted octanol–water partition coefficient (Wildman–Crippen LogP) is 1.05. The molecule has 0 aliphatic carbocycles. The van der Waals surface area contributed by atoms with Crippen LogP contribution in [0.4, 0.5) is 10.1 Å². The summed E-state index contributed by atoms with van der Waals surface area (Å²) in [5, 5.41) is 8.27. The van der Waals surface area contributed by atoms with E-state index in [4.69, 9.17) is 5.14 Å². The molecular weight excluding hydrogens is 281 g/mol. The van der Waals surface area contributed by atoms with E-state index in [-0.39, 0.29) is 10.9 Å². The highest BCUT2D eigenvalue weighted by molar-refractivity contribution is 7.89. The Kier molecular flexibility index (Phi) is 4.62. The molecule has 0 spiro atoms. The number of hydrogen-bond donors (Lipinski definition) is 2. The van der Waals surface area contributed by atoms with E-state index >= 15 is 0 Å². The zero-order valence-electron chi connectivity index (χ0n) is 11.5. The first-order valence-corrected chi connectivity index (χ1v) is 8.28. The number of nitrogens with two attached hydrogens (primary N) is 1. The number of nitrogens with one attached hydrogen (secondary N) is 1. The summed E-state index contributed by atoms with van der Waals surface area (Å²) in [4.78, 5) is 1.81. The van der Waals surface area contributed by atoms with Gasteiger partial charge in [0, 0.05) is 19.1 Å². The molecule has 1 saturated heterocycles. The molecule has 1 heterocycles. The minimum absolute atomic E-state index is 0.195. The molecule has 0 amide bonds. The number of sulfonamides is 1. The van der Waals surface area contributed by atoms with Gasteiger partial charge in [-0.15, -0.1) is 0 Å². The van der Waals surface area contributed by atoms with Gasteiger partial charge in [0.05, 0.1) is 10.6 Å². The molecule has 1 aliphatic rings. The van der Waals surface area contributed by atoms with Gasteiger partial charge in [-0.05, 0) is 37.6 Å². The van der Waals surface area contributed by atoms with Crippen molar-refractivity contribution in [2.75, 3.05) is 24.5 Å². The van der Waals surface area contributed by atoms with E-state index in [1.54, 1.807) is 0 Å². The predicted molar refractivity (Wildman–Crippen MR) is 76.7 cm³/mol. The molecule has 5 nitrogen and oxygen atoms in total. The topological polar surface area (TPSA) is 75.4 Å². The van der Waals surface area contributed by atoms with Crippen LogP contribution in [0.5, 0.6) is 0 Å². The maximum Gasteiger partial charge on any atom is 0.238 e. The average molecular weight is 301 g/mol. The van der Waals surface area contributed by atoms with Gasteiger partial charge in [0.25, 0.3) is 0 Å². The number of benzene rings is 1. The van der Waals surface area contributed by atoms with E-state index in [0.717, 1.165) is 38.5 Å². The quantitative estimate of drug-likeness (QED) is 0.852. The van der Waals surface area contributed by atoms with Crippen molar-refractivity contribution in [2.45, 2.75) is 30.7 Å². The highest BCUT2D eigenvalue weighted by Gasteiger charge is 2.24. The SMILES string of the molecule is CCCN(c1ccc(S(N)(=O)=O)cc1F)C1CCNC1. The summed E-state index contributed by atoms with van der Waals surface area (Å²) in [7, 11) is -3.87. The highest BCUT2D eigenvalue weighted by atomic mass is 32.2. The molecule has 1 unspecified atom stereocenters. The standard InChI is InChI=1S/C13H20FN3O2S/c1-2-7-17(10-5-6-16-9-10)13-4-3-11(8-12(13)14)20(15,18)19/h3-4,8,10,16H,2,5-7,9H2,1H3,(H2,15,18,19). The molecule has 2 rings (SSSR count). The molecule has 20 heavy (non-hydrogen) atoms. The smallest absolute Gasteiger partial charge is 0.238 e. The minimum Gasteiger partial charge on any atom is -0.365 e. The summed E-state index contributed by atoms with van der Waals surface area (Å²) < 4.78 is 36.7. The van der Waals surface area contributed by atoms with Gasteiger partial charge in [-0.25, -0.2) is 17.9 Å². The average Bonchev–Trinajstić information content (AvgIpc) is 2.89. The van der Waals surface area contributed by atoms with Crippen LogP contribution in [0.25, 0.3) is 0 Å². The summed E-state index contributed by atoms with van der Waals surface area (Å²) in [6, 6.07) is 4.10. The van der Waals surface area contributed by atoms with Gasteiger partial charge in [0.2, 0.25) is 10.0 Å². The van der Waals surface area contributed by atoms with Crippen molar-refractivity contribution in [1.29, 1.82) is 0 Å². The molecule has 1 aliphatic heterocycles. The lowest BCUT2D eigenvalue weighted by Crippen LogP contribution is -2.38. The van der Waals surface area contributed by atoms with Crippen molar-refractivity contribution in [1.82, 2.24) is 5.32 Å².